The third-order valence-corrected chi connectivity index (χ3v) is 4.04. The van der Waals surface area contributed by atoms with Crippen LogP contribution >= 0.6 is 11.3 Å². The zero-order chi connectivity index (χ0) is 13.9. The highest BCUT2D eigenvalue weighted by Crippen LogP contribution is 2.29. The van der Waals surface area contributed by atoms with Crippen molar-refractivity contribution < 1.29 is 0 Å². The van der Waals surface area contributed by atoms with E-state index in [1.165, 1.54) is 0 Å². The van der Waals surface area contributed by atoms with Crippen molar-refractivity contribution in [1.29, 1.82) is 5.26 Å². The van der Waals surface area contributed by atoms with Gasteiger partial charge < -0.3 is 5.32 Å². The second-order valence-corrected chi connectivity index (χ2v) is 5.34. The zero-order valence-corrected chi connectivity index (χ0v) is 11.7. The number of aromatic nitrogens is 2. The third kappa shape index (κ3) is 2.22. The Morgan fingerprint density at radius 3 is 2.90 bits per heavy atom. The number of rotatable bonds is 3. The van der Waals surface area contributed by atoms with Gasteiger partial charge in [0.1, 0.15) is 11.1 Å². The number of pyridine rings is 1. The van der Waals surface area contributed by atoms with Crippen LogP contribution in [0.25, 0.3) is 10.9 Å². The highest BCUT2D eigenvalue weighted by atomic mass is 32.1. The van der Waals surface area contributed by atoms with Crippen LogP contribution in [-0.4, -0.2) is 9.97 Å². The zero-order valence-electron chi connectivity index (χ0n) is 10.9. The van der Waals surface area contributed by atoms with Gasteiger partial charge in [-0.3, -0.25) is 4.98 Å². The lowest BCUT2D eigenvalue weighted by Crippen LogP contribution is -2.08. The number of fused-ring (bicyclic) bond motifs is 1. The Labute approximate surface area is 120 Å². The van der Waals surface area contributed by atoms with Gasteiger partial charge >= 0.3 is 0 Å². The molecule has 0 amide bonds. The quantitative estimate of drug-likeness (QED) is 0.794. The molecular weight excluding hydrogens is 268 g/mol. The fourth-order valence-corrected chi connectivity index (χ4v) is 2.75. The lowest BCUT2D eigenvalue weighted by Gasteiger charge is -2.15. The first-order valence-electron chi connectivity index (χ1n) is 6.23. The molecule has 4 nitrogen and oxygen atoms in total. The molecule has 1 atom stereocenters. The number of thiazole rings is 1. The van der Waals surface area contributed by atoms with Crippen molar-refractivity contribution in [3.8, 4) is 6.07 Å². The van der Waals surface area contributed by atoms with Crippen molar-refractivity contribution in [2.24, 2.45) is 0 Å². The lowest BCUT2D eigenvalue weighted by atomic mass is 10.1. The molecule has 2 heterocycles. The maximum atomic E-state index is 9.28. The highest BCUT2D eigenvalue weighted by Gasteiger charge is 2.13. The van der Waals surface area contributed by atoms with E-state index in [1.807, 2.05) is 36.6 Å². The van der Waals surface area contributed by atoms with Crippen LogP contribution < -0.4 is 5.32 Å². The molecule has 0 aliphatic rings. The van der Waals surface area contributed by atoms with Gasteiger partial charge in [0, 0.05) is 23.2 Å². The van der Waals surface area contributed by atoms with E-state index >= 15 is 0 Å². The molecule has 3 rings (SSSR count). The Bertz CT molecular complexity index is 774. The van der Waals surface area contributed by atoms with Crippen molar-refractivity contribution >= 4 is 27.9 Å². The number of para-hydroxylation sites is 1. The van der Waals surface area contributed by atoms with E-state index in [1.54, 1.807) is 23.7 Å². The van der Waals surface area contributed by atoms with Crippen LogP contribution in [-0.2, 0) is 0 Å². The Morgan fingerprint density at radius 1 is 1.30 bits per heavy atom. The molecular formula is C15H12N4S. The number of hydrogen-bond donors (Lipinski definition) is 1. The summed E-state index contributed by atoms with van der Waals surface area (Å²) in [5.41, 5.74) is 2.24. The molecule has 1 aromatic carbocycles. The van der Waals surface area contributed by atoms with Crippen LogP contribution in [0.5, 0.6) is 0 Å². The van der Waals surface area contributed by atoms with E-state index in [-0.39, 0.29) is 6.04 Å². The largest absolute Gasteiger partial charge is 0.374 e. The molecule has 1 N–H and O–H groups in total. The lowest BCUT2D eigenvalue weighted by molar-refractivity contribution is 0.870. The second-order valence-electron chi connectivity index (χ2n) is 4.41. The summed E-state index contributed by atoms with van der Waals surface area (Å²) in [7, 11) is 0. The summed E-state index contributed by atoms with van der Waals surface area (Å²) in [6, 6.07) is 10.0. The number of nitrogens with zero attached hydrogens (tertiary/aromatic N) is 3. The Kier molecular flexibility index (Phi) is 3.32. The smallest absolute Gasteiger partial charge is 0.115 e. The number of nitrogens with one attached hydrogen (secondary N) is 1. The first kappa shape index (κ1) is 12.6. The van der Waals surface area contributed by atoms with Crippen molar-refractivity contribution in [1.82, 2.24) is 9.97 Å². The third-order valence-electron chi connectivity index (χ3n) is 3.08. The summed E-state index contributed by atoms with van der Waals surface area (Å²) >= 11 is 1.60. The predicted molar refractivity (Wildman–Crippen MR) is 80.6 cm³/mol. The normalized spacial score (nSPS) is 12.0. The van der Waals surface area contributed by atoms with Gasteiger partial charge in [0.05, 0.1) is 22.8 Å². The maximum Gasteiger partial charge on any atom is 0.115 e. The van der Waals surface area contributed by atoms with E-state index < -0.39 is 0 Å². The van der Waals surface area contributed by atoms with E-state index in [0.29, 0.717) is 5.56 Å². The molecule has 20 heavy (non-hydrogen) atoms. The molecule has 0 fully saturated rings. The van der Waals surface area contributed by atoms with Gasteiger partial charge in [-0.15, -0.1) is 11.3 Å². The summed E-state index contributed by atoms with van der Waals surface area (Å²) in [5.74, 6) is 0. The summed E-state index contributed by atoms with van der Waals surface area (Å²) in [5, 5.41) is 16.6. The first-order chi connectivity index (χ1) is 9.79. The van der Waals surface area contributed by atoms with E-state index in [4.69, 9.17) is 0 Å². The van der Waals surface area contributed by atoms with Crippen LogP contribution in [0.2, 0.25) is 0 Å². The number of nitriles is 1. The Hall–Kier alpha value is -2.45. The molecule has 0 saturated heterocycles. The SMILES string of the molecule is CC(Nc1c(C#N)cnc2ccccc12)c1nccs1. The van der Waals surface area contributed by atoms with E-state index in [2.05, 4.69) is 21.4 Å². The fraction of sp³-hybridized carbons (Fsp3) is 0.133. The van der Waals surface area contributed by atoms with Gasteiger partial charge in [0.15, 0.2) is 0 Å². The van der Waals surface area contributed by atoms with Crippen molar-refractivity contribution in [3.05, 3.63) is 52.6 Å². The maximum absolute atomic E-state index is 9.28. The van der Waals surface area contributed by atoms with Crippen LogP contribution in [0.1, 0.15) is 23.5 Å². The van der Waals surface area contributed by atoms with Gasteiger partial charge in [-0.2, -0.15) is 5.26 Å². The summed E-state index contributed by atoms with van der Waals surface area (Å²) in [6.07, 6.45) is 3.40. The van der Waals surface area contributed by atoms with Crippen molar-refractivity contribution in [3.63, 3.8) is 0 Å². The van der Waals surface area contributed by atoms with Gasteiger partial charge in [-0.05, 0) is 13.0 Å². The van der Waals surface area contributed by atoms with Crippen molar-refractivity contribution in [2.75, 3.05) is 5.32 Å². The van der Waals surface area contributed by atoms with E-state index in [0.717, 1.165) is 21.6 Å². The minimum absolute atomic E-state index is 0.0490. The summed E-state index contributed by atoms with van der Waals surface area (Å²) < 4.78 is 0. The van der Waals surface area contributed by atoms with Gasteiger partial charge in [0.25, 0.3) is 0 Å². The predicted octanol–water partition coefficient (Wildman–Crippen LogP) is 3.74. The summed E-state index contributed by atoms with van der Waals surface area (Å²) in [4.78, 5) is 8.61. The Balaban J connectivity index is 2.07. The van der Waals surface area contributed by atoms with Gasteiger partial charge in [0.2, 0.25) is 0 Å². The van der Waals surface area contributed by atoms with Crippen LogP contribution in [0, 0.1) is 11.3 Å². The number of hydrogen-bond acceptors (Lipinski definition) is 5. The Morgan fingerprint density at radius 2 is 2.15 bits per heavy atom. The molecule has 2 aromatic heterocycles. The first-order valence-corrected chi connectivity index (χ1v) is 7.11. The molecule has 0 aliphatic carbocycles. The average Bonchev–Trinajstić information content (AvgIpc) is 3.02. The van der Waals surface area contributed by atoms with Gasteiger partial charge in [-0.1, -0.05) is 18.2 Å². The molecule has 0 spiro atoms. The average molecular weight is 280 g/mol. The molecule has 0 bridgehead atoms. The monoisotopic (exact) mass is 280 g/mol. The minimum atomic E-state index is 0.0490. The fourth-order valence-electron chi connectivity index (χ4n) is 2.11. The molecule has 0 aliphatic heterocycles. The molecule has 1 unspecified atom stereocenters. The standard InChI is InChI=1S/C15H12N4S/c1-10(15-17-6-7-20-15)19-14-11(8-16)9-18-13-5-3-2-4-12(13)14/h2-7,9-10H,1H3,(H,18,19). The molecule has 0 saturated carbocycles. The molecule has 5 heteroatoms. The topological polar surface area (TPSA) is 61.6 Å². The van der Waals surface area contributed by atoms with Crippen molar-refractivity contribution in [2.45, 2.75) is 13.0 Å². The van der Waals surface area contributed by atoms with E-state index in [9.17, 15) is 5.26 Å². The molecule has 3 aromatic rings. The number of anilines is 1. The number of benzene rings is 1. The molecule has 0 radical (unpaired) electrons. The van der Waals surface area contributed by atoms with Crippen LogP contribution in [0.4, 0.5) is 5.69 Å². The summed E-state index contributed by atoms with van der Waals surface area (Å²) in [6.45, 7) is 2.04. The minimum Gasteiger partial charge on any atom is -0.374 e. The van der Waals surface area contributed by atoms with Crippen LogP contribution in [0.15, 0.2) is 42.0 Å². The highest BCUT2D eigenvalue weighted by molar-refractivity contribution is 7.09. The van der Waals surface area contributed by atoms with Gasteiger partial charge in [-0.25, -0.2) is 4.98 Å². The van der Waals surface area contributed by atoms with Crippen LogP contribution in [0.3, 0.4) is 0 Å². The molecule has 98 valence electrons. The second kappa shape index (κ2) is 5.27.